The summed E-state index contributed by atoms with van der Waals surface area (Å²) >= 11 is 12.4. The van der Waals surface area contributed by atoms with Crippen molar-refractivity contribution in [3.63, 3.8) is 0 Å². The van der Waals surface area contributed by atoms with Gasteiger partial charge in [0.1, 0.15) is 16.1 Å². The summed E-state index contributed by atoms with van der Waals surface area (Å²) in [7, 11) is -2.28. The van der Waals surface area contributed by atoms with Crippen LogP contribution in [0.15, 0.2) is 74.8 Å². The molecular weight excluding hydrogens is 520 g/mol. The van der Waals surface area contributed by atoms with Crippen molar-refractivity contribution >= 4 is 59.2 Å². The molecule has 0 amide bonds. The number of hydrogen-bond acceptors (Lipinski definition) is 4. The standard InChI is InChI=1S/C18H13Br2ClN2O3S/c1-23(17-10-12(19)11-22-18(17)20)27(24,25)16-8-6-15(7-9-16)26-14-4-2-13(21)3-5-14/h2-11H,1H3. The third-order valence-corrected chi connectivity index (χ3v) is 6.74. The second-order valence-electron chi connectivity index (χ2n) is 5.46. The number of pyridine rings is 1. The van der Waals surface area contributed by atoms with Crippen LogP contribution in [0, 0.1) is 0 Å². The van der Waals surface area contributed by atoms with Crippen LogP contribution < -0.4 is 9.04 Å². The topological polar surface area (TPSA) is 59.5 Å². The van der Waals surface area contributed by atoms with Gasteiger partial charge >= 0.3 is 0 Å². The fourth-order valence-electron chi connectivity index (χ4n) is 2.24. The summed E-state index contributed by atoms with van der Waals surface area (Å²) in [6, 6.07) is 14.8. The molecule has 0 saturated carbocycles. The summed E-state index contributed by atoms with van der Waals surface area (Å²) in [6.45, 7) is 0. The molecule has 140 valence electrons. The maximum Gasteiger partial charge on any atom is 0.264 e. The van der Waals surface area contributed by atoms with Gasteiger partial charge in [-0.2, -0.15) is 0 Å². The minimum absolute atomic E-state index is 0.139. The van der Waals surface area contributed by atoms with Crippen molar-refractivity contribution in [1.29, 1.82) is 0 Å². The van der Waals surface area contributed by atoms with Gasteiger partial charge in [-0.3, -0.25) is 4.31 Å². The number of sulfonamides is 1. The Bertz CT molecular complexity index is 1060. The Hall–Kier alpha value is -1.61. The molecule has 5 nitrogen and oxygen atoms in total. The Balaban J connectivity index is 1.84. The van der Waals surface area contributed by atoms with Gasteiger partial charge in [-0.15, -0.1) is 0 Å². The normalized spacial score (nSPS) is 11.3. The van der Waals surface area contributed by atoms with Gasteiger partial charge in [0.05, 0.1) is 10.6 Å². The molecule has 27 heavy (non-hydrogen) atoms. The smallest absolute Gasteiger partial charge is 0.264 e. The van der Waals surface area contributed by atoms with E-state index in [-0.39, 0.29) is 4.90 Å². The predicted octanol–water partition coefficient (Wildman–Crippen LogP) is 5.88. The van der Waals surface area contributed by atoms with Crippen LogP contribution in [0.1, 0.15) is 0 Å². The molecular formula is C18H13Br2ClN2O3S. The molecule has 0 fully saturated rings. The van der Waals surface area contributed by atoms with Crippen molar-refractivity contribution in [3.05, 3.63) is 74.9 Å². The van der Waals surface area contributed by atoms with Crippen molar-refractivity contribution in [2.75, 3.05) is 11.4 Å². The third-order valence-electron chi connectivity index (χ3n) is 3.66. The number of ether oxygens (including phenoxy) is 1. The van der Waals surface area contributed by atoms with Crippen LogP contribution in [0.2, 0.25) is 5.02 Å². The summed E-state index contributed by atoms with van der Waals surface area (Å²) in [5, 5.41) is 0.611. The zero-order valence-corrected chi connectivity index (χ0v) is 18.7. The van der Waals surface area contributed by atoms with Gasteiger partial charge in [-0.1, -0.05) is 11.6 Å². The molecule has 0 spiro atoms. The lowest BCUT2D eigenvalue weighted by Crippen LogP contribution is -2.27. The summed E-state index contributed by atoms with van der Waals surface area (Å²) in [6.07, 6.45) is 1.58. The van der Waals surface area contributed by atoms with E-state index in [1.54, 1.807) is 48.7 Å². The van der Waals surface area contributed by atoms with Gasteiger partial charge in [-0.25, -0.2) is 13.4 Å². The lowest BCUT2D eigenvalue weighted by Gasteiger charge is -2.20. The maximum atomic E-state index is 12.9. The first-order valence-electron chi connectivity index (χ1n) is 7.61. The average Bonchev–Trinajstić information content (AvgIpc) is 2.65. The maximum absolute atomic E-state index is 12.9. The van der Waals surface area contributed by atoms with Crippen molar-refractivity contribution in [1.82, 2.24) is 4.98 Å². The Labute approximate surface area is 179 Å². The minimum atomic E-state index is -3.76. The van der Waals surface area contributed by atoms with E-state index in [0.717, 1.165) is 0 Å². The van der Waals surface area contributed by atoms with Crippen molar-refractivity contribution in [3.8, 4) is 11.5 Å². The largest absolute Gasteiger partial charge is 0.457 e. The van der Waals surface area contributed by atoms with E-state index in [2.05, 4.69) is 36.8 Å². The molecule has 0 aliphatic carbocycles. The van der Waals surface area contributed by atoms with Crippen LogP contribution in [0.5, 0.6) is 11.5 Å². The molecule has 9 heteroatoms. The second kappa shape index (κ2) is 8.18. The molecule has 0 radical (unpaired) electrons. The molecule has 3 rings (SSSR count). The lowest BCUT2D eigenvalue weighted by molar-refractivity contribution is 0.482. The van der Waals surface area contributed by atoms with Crippen molar-refractivity contribution in [2.45, 2.75) is 4.90 Å². The SMILES string of the molecule is CN(c1cc(Br)cnc1Br)S(=O)(=O)c1ccc(Oc2ccc(Cl)cc2)cc1. The highest BCUT2D eigenvalue weighted by atomic mass is 79.9. The molecule has 1 heterocycles. The molecule has 0 atom stereocenters. The first kappa shape index (κ1) is 20.1. The Kier molecular flexibility index (Phi) is 6.10. The van der Waals surface area contributed by atoms with Gasteiger partial charge in [-0.05, 0) is 86.5 Å². The fourth-order valence-corrected chi connectivity index (χ4v) is 4.48. The van der Waals surface area contributed by atoms with Gasteiger partial charge in [0.15, 0.2) is 0 Å². The second-order valence-corrected chi connectivity index (χ2v) is 9.54. The van der Waals surface area contributed by atoms with E-state index in [4.69, 9.17) is 16.3 Å². The van der Waals surface area contributed by atoms with E-state index in [0.29, 0.717) is 31.3 Å². The molecule has 0 aliphatic rings. The fraction of sp³-hybridized carbons (Fsp3) is 0.0556. The summed E-state index contributed by atoms with van der Waals surface area (Å²) in [4.78, 5) is 4.25. The summed E-state index contributed by atoms with van der Waals surface area (Å²) < 4.78 is 33.8. The Morgan fingerprint density at radius 1 is 1.00 bits per heavy atom. The molecule has 2 aromatic carbocycles. The van der Waals surface area contributed by atoms with Gasteiger partial charge < -0.3 is 4.74 Å². The summed E-state index contributed by atoms with van der Waals surface area (Å²) in [5.41, 5.74) is 0.422. The van der Waals surface area contributed by atoms with Crippen LogP contribution in [-0.2, 0) is 10.0 Å². The first-order chi connectivity index (χ1) is 12.8. The van der Waals surface area contributed by atoms with E-state index >= 15 is 0 Å². The van der Waals surface area contributed by atoms with Crippen LogP contribution in [-0.4, -0.2) is 20.4 Å². The van der Waals surface area contributed by atoms with E-state index in [1.165, 1.54) is 23.5 Å². The number of anilines is 1. The number of benzene rings is 2. The molecule has 3 aromatic rings. The van der Waals surface area contributed by atoms with E-state index < -0.39 is 10.0 Å². The van der Waals surface area contributed by atoms with Gasteiger partial charge in [0.2, 0.25) is 0 Å². The van der Waals surface area contributed by atoms with Crippen molar-refractivity contribution < 1.29 is 13.2 Å². The molecule has 0 N–H and O–H groups in total. The number of hydrogen-bond donors (Lipinski definition) is 0. The van der Waals surface area contributed by atoms with Crippen LogP contribution >= 0.6 is 43.5 Å². The zero-order chi connectivity index (χ0) is 19.6. The highest BCUT2D eigenvalue weighted by molar-refractivity contribution is 9.11. The molecule has 0 saturated heterocycles. The molecule has 0 unspecified atom stereocenters. The predicted molar refractivity (Wildman–Crippen MR) is 113 cm³/mol. The molecule has 0 bridgehead atoms. The number of nitrogens with zero attached hydrogens (tertiary/aromatic N) is 2. The van der Waals surface area contributed by atoms with Crippen molar-refractivity contribution in [2.24, 2.45) is 0 Å². The van der Waals surface area contributed by atoms with Crippen LogP contribution in [0.3, 0.4) is 0 Å². The molecule has 1 aromatic heterocycles. The average molecular weight is 533 g/mol. The zero-order valence-electron chi connectivity index (χ0n) is 13.9. The van der Waals surface area contributed by atoms with Crippen LogP contribution in [0.4, 0.5) is 5.69 Å². The van der Waals surface area contributed by atoms with Crippen LogP contribution in [0.25, 0.3) is 0 Å². The Morgan fingerprint density at radius 2 is 1.56 bits per heavy atom. The lowest BCUT2D eigenvalue weighted by atomic mass is 10.3. The number of aromatic nitrogens is 1. The Morgan fingerprint density at radius 3 is 2.15 bits per heavy atom. The highest BCUT2D eigenvalue weighted by Gasteiger charge is 2.23. The highest BCUT2D eigenvalue weighted by Crippen LogP contribution is 2.31. The van der Waals surface area contributed by atoms with E-state index in [1.807, 2.05) is 0 Å². The minimum Gasteiger partial charge on any atom is -0.457 e. The van der Waals surface area contributed by atoms with Gasteiger partial charge in [0.25, 0.3) is 10.0 Å². The summed E-state index contributed by atoms with van der Waals surface area (Å²) in [5.74, 6) is 1.13. The molecule has 0 aliphatic heterocycles. The number of rotatable bonds is 5. The van der Waals surface area contributed by atoms with Gasteiger partial charge in [0, 0.05) is 22.7 Å². The third kappa shape index (κ3) is 4.63. The quantitative estimate of drug-likeness (QED) is 0.385. The van der Waals surface area contributed by atoms with E-state index in [9.17, 15) is 8.42 Å². The number of halogens is 3. The first-order valence-corrected chi connectivity index (χ1v) is 11.0. The monoisotopic (exact) mass is 530 g/mol.